The van der Waals surface area contributed by atoms with E-state index in [-0.39, 0.29) is 21.9 Å². The molecule has 25 heavy (non-hydrogen) atoms. The summed E-state index contributed by atoms with van der Waals surface area (Å²) in [6.45, 7) is 11.4. The first-order valence-electron chi connectivity index (χ1n) is 7.96. The van der Waals surface area contributed by atoms with Gasteiger partial charge < -0.3 is 6.58 Å². The van der Waals surface area contributed by atoms with Crippen LogP contribution in [0.4, 0.5) is 0 Å². The summed E-state index contributed by atoms with van der Waals surface area (Å²) in [6.07, 6.45) is 3.48. The summed E-state index contributed by atoms with van der Waals surface area (Å²) in [5.74, 6) is 0. The van der Waals surface area contributed by atoms with Crippen LogP contribution in [-0.2, 0) is 16.5 Å². The van der Waals surface area contributed by atoms with Gasteiger partial charge in [0.05, 0.1) is 0 Å². The number of nitrogens with zero attached hydrogens (tertiary/aromatic N) is 1. The van der Waals surface area contributed by atoms with Gasteiger partial charge in [0.25, 0.3) is 0 Å². The monoisotopic (exact) mass is 370 g/mol. The van der Waals surface area contributed by atoms with Crippen LogP contribution in [0.25, 0.3) is 22.4 Å². The zero-order chi connectivity index (χ0) is 17.4. The summed E-state index contributed by atoms with van der Waals surface area (Å²) < 4.78 is 0. The quantitative estimate of drug-likeness (QED) is 0.396. The topological polar surface area (TPSA) is 12.9 Å². The molecule has 0 N–H and O–H groups in total. The van der Waals surface area contributed by atoms with E-state index >= 15 is 0 Å². The van der Waals surface area contributed by atoms with Gasteiger partial charge in [0.2, 0.25) is 0 Å². The van der Waals surface area contributed by atoms with Gasteiger partial charge >= 0.3 is 16.5 Å². The van der Waals surface area contributed by atoms with Crippen molar-refractivity contribution in [2.75, 3.05) is 0 Å². The minimum atomic E-state index is 0. The Balaban J connectivity index is 0.000000390. The van der Waals surface area contributed by atoms with E-state index in [2.05, 4.69) is 37.9 Å². The van der Waals surface area contributed by atoms with Crippen LogP contribution in [0.15, 0.2) is 72.9 Å². The van der Waals surface area contributed by atoms with Crippen molar-refractivity contribution in [3.63, 3.8) is 0 Å². The SMILES string of the molecule is [CH-]=CC(C)(C)C.[Ni+3].[c-]1ccccc1-c1[c-]c(-c2ccccn2)ccc1. The van der Waals surface area contributed by atoms with Crippen molar-refractivity contribution < 1.29 is 16.5 Å². The summed E-state index contributed by atoms with van der Waals surface area (Å²) in [7, 11) is 0. The van der Waals surface area contributed by atoms with E-state index in [1.165, 1.54) is 0 Å². The molecule has 2 heteroatoms. The molecule has 0 spiro atoms. The van der Waals surface area contributed by atoms with Crippen molar-refractivity contribution in [2.45, 2.75) is 20.8 Å². The minimum absolute atomic E-state index is 0. The molecule has 0 fully saturated rings. The smallest absolute Gasteiger partial charge is 0.517 e. The Morgan fingerprint density at radius 3 is 2.08 bits per heavy atom. The summed E-state index contributed by atoms with van der Waals surface area (Å²) in [5, 5.41) is 0. The Hall–Kier alpha value is -2.18. The first kappa shape index (κ1) is 20.9. The van der Waals surface area contributed by atoms with Crippen LogP contribution in [-0.4, -0.2) is 4.98 Å². The molecule has 0 unspecified atom stereocenters. The Morgan fingerprint density at radius 2 is 1.52 bits per heavy atom. The molecule has 0 bridgehead atoms. The number of rotatable bonds is 2. The molecule has 2 aromatic carbocycles. The van der Waals surface area contributed by atoms with Crippen molar-refractivity contribution in [3.05, 3.63) is 91.6 Å². The van der Waals surface area contributed by atoms with Crippen molar-refractivity contribution in [1.82, 2.24) is 4.98 Å². The Bertz CT molecular complexity index is 704. The normalized spacial score (nSPS) is 10.0. The fourth-order valence-corrected chi connectivity index (χ4v) is 1.86. The summed E-state index contributed by atoms with van der Waals surface area (Å²) in [5.41, 5.74) is 4.23. The number of allylic oxidation sites excluding steroid dienone is 1. The van der Waals surface area contributed by atoms with E-state index < -0.39 is 0 Å². The largest absolute Gasteiger partial charge is 3.00 e. The third kappa shape index (κ3) is 7.07. The molecule has 3 aromatic rings. The Labute approximate surface area is 161 Å². The van der Waals surface area contributed by atoms with Crippen molar-refractivity contribution >= 4 is 0 Å². The van der Waals surface area contributed by atoms with Gasteiger partial charge in [0.1, 0.15) is 0 Å². The fraction of sp³-hybridized carbons (Fsp3) is 0.174. The van der Waals surface area contributed by atoms with Crippen molar-refractivity contribution in [2.24, 2.45) is 5.41 Å². The van der Waals surface area contributed by atoms with Gasteiger partial charge in [0, 0.05) is 11.9 Å². The maximum atomic E-state index is 5.18. The van der Waals surface area contributed by atoms with Crippen LogP contribution in [0.1, 0.15) is 20.8 Å². The first-order valence-corrected chi connectivity index (χ1v) is 7.96. The number of benzene rings is 2. The van der Waals surface area contributed by atoms with Gasteiger partial charge in [-0.1, -0.05) is 38.3 Å². The first-order chi connectivity index (χ1) is 11.5. The van der Waals surface area contributed by atoms with Crippen LogP contribution in [0.5, 0.6) is 0 Å². The second-order valence-corrected chi connectivity index (χ2v) is 6.50. The number of pyridine rings is 1. The molecule has 0 aliphatic heterocycles. The molecule has 0 saturated carbocycles. The van der Waals surface area contributed by atoms with Crippen LogP contribution in [0.2, 0.25) is 0 Å². The average Bonchev–Trinajstić information content (AvgIpc) is 2.63. The summed E-state index contributed by atoms with van der Waals surface area (Å²) in [4.78, 5) is 4.34. The van der Waals surface area contributed by atoms with E-state index in [0.717, 1.165) is 22.4 Å². The third-order valence-corrected chi connectivity index (χ3v) is 3.24. The van der Waals surface area contributed by atoms with E-state index in [9.17, 15) is 0 Å². The zero-order valence-electron chi connectivity index (χ0n) is 14.8. The fourth-order valence-electron chi connectivity index (χ4n) is 1.86. The Morgan fingerprint density at radius 1 is 0.880 bits per heavy atom. The number of aromatic nitrogens is 1. The van der Waals surface area contributed by atoms with Crippen LogP contribution < -0.4 is 0 Å². The van der Waals surface area contributed by atoms with Gasteiger partial charge in [-0.3, -0.25) is 11.1 Å². The molecule has 1 aromatic heterocycles. The van der Waals surface area contributed by atoms with Gasteiger partial charge in [-0.25, -0.2) is 5.56 Å². The molecule has 0 aliphatic rings. The molecule has 0 saturated heterocycles. The van der Waals surface area contributed by atoms with E-state index in [4.69, 9.17) is 6.58 Å². The molecular weight excluding hydrogens is 349 g/mol. The molecule has 0 atom stereocenters. The molecule has 3 rings (SSSR count). The van der Waals surface area contributed by atoms with Crippen molar-refractivity contribution in [3.8, 4) is 22.4 Å². The summed E-state index contributed by atoms with van der Waals surface area (Å²) >= 11 is 0. The predicted molar refractivity (Wildman–Crippen MR) is 101 cm³/mol. The molecule has 0 amide bonds. The van der Waals surface area contributed by atoms with Gasteiger partial charge in [0.15, 0.2) is 0 Å². The molecule has 1 radical (unpaired) electrons. The van der Waals surface area contributed by atoms with Crippen LogP contribution in [0, 0.1) is 24.1 Å². The van der Waals surface area contributed by atoms with Crippen molar-refractivity contribution in [1.29, 1.82) is 0 Å². The molecular formula is C23H22NNi. The van der Waals surface area contributed by atoms with E-state index in [1.807, 2.05) is 60.7 Å². The van der Waals surface area contributed by atoms with E-state index in [1.54, 1.807) is 12.3 Å². The van der Waals surface area contributed by atoms with Gasteiger partial charge in [-0.2, -0.15) is 42.0 Å². The zero-order valence-corrected chi connectivity index (χ0v) is 15.8. The summed E-state index contributed by atoms with van der Waals surface area (Å²) in [6, 6.07) is 26.5. The molecule has 1 nitrogen and oxygen atoms in total. The van der Waals surface area contributed by atoms with Gasteiger partial charge in [-0.15, -0.1) is 23.8 Å². The third-order valence-electron chi connectivity index (χ3n) is 3.24. The van der Waals surface area contributed by atoms with E-state index in [0.29, 0.717) is 0 Å². The number of hydrogen-bond acceptors (Lipinski definition) is 1. The van der Waals surface area contributed by atoms with Gasteiger partial charge in [-0.05, 0) is 6.07 Å². The molecule has 0 aliphatic carbocycles. The Kier molecular flexibility index (Phi) is 8.31. The second kappa shape index (κ2) is 9.96. The maximum Gasteiger partial charge on any atom is 3.00 e. The molecule has 1 heterocycles. The average molecular weight is 371 g/mol. The van der Waals surface area contributed by atoms with Crippen LogP contribution >= 0.6 is 0 Å². The maximum absolute atomic E-state index is 5.18. The minimum Gasteiger partial charge on any atom is -0.517 e. The predicted octanol–water partition coefficient (Wildman–Crippen LogP) is 6.04. The second-order valence-electron chi connectivity index (χ2n) is 6.50. The standard InChI is InChI=1S/C17H11N.C6H11.Ni/c1-2-7-14(8-3-1)15-9-6-10-16(13-15)17-11-4-5-12-18-17;1-5-6(2,3)4;/h1-7,9-12H;1,5H,2-4H3;/q-2;-1;+3. The number of hydrogen-bond donors (Lipinski definition) is 0. The molecule has 129 valence electrons. The van der Waals surface area contributed by atoms with Crippen LogP contribution in [0.3, 0.4) is 0 Å².